The molecule has 3 aliphatic rings. The van der Waals surface area contributed by atoms with Gasteiger partial charge in [-0.2, -0.15) is 0 Å². The van der Waals surface area contributed by atoms with Gasteiger partial charge in [0.1, 0.15) is 6.10 Å². The molecule has 2 aliphatic carbocycles. The Kier molecular flexibility index (Phi) is 1.80. The molecule has 0 spiro atoms. The summed E-state index contributed by atoms with van der Waals surface area (Å²) in [7, 11) is 0. The minimum absolute atomic E-state index is 0.0400. The molecular weight excluding hydrogens is 188 g/mol. The van der Waals surface area contributed by atoms with Crippen molar-refractivity contribution in [3.8, 4) is 0 Å². The van der Waals surface area contributed by atoms with Gasteiger partial charge in [0, 0.05) is 5.92 Å². The highest BCUT2D eigenvalue weighted by atomic mass is 16.6. The van der Waals surface area contributed by atoms with Gasteiger partial charge >= 0.3 is 5.97 Å². The highest BCUT2D eigenvalue weighted by Gasteiger charge is 2.59. The Hall–Kier alpha value is -0.790. The van der Waals surface area contributed by atoms with Crippen LogP contribution in [0.4, 0.5) is 0 Å². The number of ether oxygens (including phenoxy) is 1. The number of allylic oxidation sites excluding steroid dienone is 1. The van der Waals surface area contributed by atoms with Crippen LogP contribution >= 0.6 is 0 Å². The van der Waals surface area contributed by atoms with Gasteiger partial charge in [-0.05, 0) is 38.2 Å². The fourth-order valence-electron chi connectivity index (χ4n) is 3.65. The van der Waals surface area contributed by atoms with E-state index in [1.165, 1.54) is 31.3 Å². The predicted molar refractivity (Wildman–Crippen MR) is 57.2 cm³/mol. The standard InChI is InChI=1S/C13H18O2/c1-8-11-7-9-5-3-4-6-10(9)13(8,2)12(14)15-11/h7-8,10-11H,3-6H2,1-2H3/t8-,10-,11-,13-/m1/s1. The Morgan fingerprint density at radius 1 is 1.47 bits per heavy atom. The Morgan fingerprint density at radius 3 is 3.07 bits per heavy atom. The van der Waals surface area contributed by atoms with Gasteiger partial charge in [0.25, 0.3) is 0 Å². The lowest BCUT2D eigenvalue weighted by atomic mass is 9.59. The second kappa shape index (κ2) is 2.87. The maximum absolute atomic E-state index is 12.0. The van der Waals surface area contributed by atoms with Crippen LogP contribution in [0.25, 0.3) is 0 Å². The molecule has 2 fully saturated rings. The number of hydrogen-bond donors (Lipinski definition) is 0. The molecule has 2 bridgehead atoms. The third-order valence-corrected chi connectivity index (χ3v) is 4.88. The molecule has 1 saturated heterocycles. The molecule has 0 amide bonds. The van der Waals surface area contributed by atoms with Crippen LogP contribution < -0.4 is 0 Å². The predicted octanol–water partition coefficient (Wildman–Crippen LogP) is 2.68. The molecule has 1 heterocycles. The van der Waals surface area contributed by atoms with Crippen molar-refractivity contribution >= 4 is 5.97 Å². The van der Waals surface area contributed by atoms with E-state index < -0.39 is 0 Å². The summed E-state index contributed by atoms with van der Waals surface area (Å²) in [6, 6.07) is 0. The molecule has 0 aromatic heterocycles. The van der Waals surface area contributed by atoms with Crippen molar-refractivity contribution in [1.82, 2.24) is 0 Å². The van der Waals surface area contributed by atoms with Crippen molar-refractivity contribution in [3.63, 3.8) is 0 Å². The summed E-state index contributed by atoms with van der Waals surface area (Å²) in [5.41, 5.74) is 1.27. The number of carbonyl (C=O) groups is 1. The van der Waals surface area contributed by atoms with Gasteiger partial charge in [0.05, 0.1) is 5.41 Å². The van der Waals surface area contributed by atoms with Gasteiger partial charge in [-0.1, -0.05) is 18.9 Å². The highest BCUT2D eigenvalue weighted by molar-refractivity contribution is 5.81. The first kappa shape index (κ1) is 9.44. The van der Waals surface area contributed by atoms with Crippen molar-refractivity contribution in [2.45, 2.75) is 45.6 Å². The van der Waals surface area contributed by atoms with Crippen molar-refractivity contribution in [3.05, 3.63) is 11.6 Å². The van der Waals surface area contributed by atoms with Crippen LogP contribution in [0.3, 0.4) is 0 Å². The summed E-state index contributed by atoms with van der Waals surface area (Å²) < 4.78 is 5.48. The monoisotopic (exact) mass is 206 g/mol. The highest BCUT2D eigenvalue weighted by Crippen LogP contribution is 2.55. The maximum atomic E-state index is 12.0. The molecule has 0 N–H and O–H groups in total. The summed E-state index contributed by atoms with van der Waals surface area (Å²) in [6.45, 7) is 4.28. The van der Waals surface area contributed by atoms with Crippen LogP contribution in [0.5, 0.6) is 0 Å². The Morgan fingerprint density at radius 2 is 2.27 bits per heavy atom. The summed E-state index contributed by atoms with van der Waals surface area (Å²) in [5, 5.41) is 0. The first-order valence-electron chi connectivity index (χ1n) is 6.05. The first-order chi connectivity index (χ1) is 7.14. The van der Waals surface area contributed by atoms with E-state index in [0.717, 1.165) is 0 Å². The van der Waals surface area contributed by atoms with Crippen LogP contribution in [0, 0.1) is 17.3 Å². The minimum atomic E-state index is -0.227. The number of carbonyl (C=O) groups excluding carboxylic acids is 1. The number of hydrogen-bond acceptors (Lipinski definition) is 2. The fraction of sp³-hybridized carbons (Fsp3) is 0.769. The van der Waals surface area contributed by atoms with Gasteiger partial charge in [0.2, 0.25) is 0 Å². The largest absolute Gasteiger partial charge is 0.457 e. The fourth-order valence-corrected chi connectivity index (χ4v) is 3.65. The number of esters is 1. The van der Waals surface area contributed by atoms with Gasteiger partial charge in [-0.25, -0.2) is 0 Å². The van der Waals surface area contributed by atoms with E-state index in [0.29, 0.717) is 11.8 Å². The summed E-state index contributed by atoms with van der Waals surface area (Å²) >= 11 is 0. The van der Waals surface area contributed by atoms with Gasteiger partial charge in [-0.3, -0.25) is 4.79 Å². The topological polar surface area (TPSA) is 26.3 Å². The van der Waals surface area contributed by atoms with E-state index in [-0.39, 0.29) is 17.5 Å². The quantitative estimate of drug-likeness (QED) is 0.450. The number of fused-ring (bicyclic) bond motifs is 4. The summed E-state index contributed by atoms with van der Waals surface area (Å²) in [6.07, 6.45) is 7.21. The van der Waals surface area contributed by atoms with Crippen molar-refractivity contribution < 1.29 is 9.53 Å². The third kappa shape index (κ3) is 1.03. The lowest BCUT2D eigenvalue weighted by Crippen LogP contribution is -2.42. The normalized spacial score (nSPS) is 48.3. The molecular formula is C13H18O2. The van der Waals surface area contributed by atoms with Crippen LogP contribution in [0.15, 0.2) is 11.6 Å². The molecule has 1 aliphatic heterocycles. The van der Waals surface area contributed by atoms with Gasteiger partial charge in [-0.15, -0.1) is 0 Å². The molecule has 15 heavy (non-hydrogen) atoms. The lowest BCUT2D eigenvalue weighted by molar-refractivity contribution is -0.148. The van der Waals surface area contributed by atoms with Crippen LogP contribution in [-0.4, -0.2) is 12.1 Å². The van der Waals surface area contributed by atoms with Gasteiger partial charge in [0.15, 0.2) is 0 Å². The van der Waals surface area contributed by atoms with E-state index >= 15 is 0 Å². The Labute approximate surface area is 90.7 Å². The third-order valence-electron chi connectivity index (χ3n) is 4.88. The first-order valence-corrected chi connectivity index (χ1v) is 6.05. The minimum Gasteiger partial charge on any atom is -0.457 e. The van der Waals surface area contributed by atoms with E-state index in [2.05, 4.69) is 19.9 Å². The summed E-state index contributed by atoms with van der Waals surface area (Å²) in [4.78, 5) is 12.0. The van der Waals surface area contributed by atoms with E-state index in [4.69, 9.17) is 4.74 Å². The average molecular weight is 206 g/mol. The Bertz CT molecular complexity index is 344. The zero-order chi connectivity index (χ0) is 10.6. The van der Waals surface area contributed by atoms with E-state index in [1.54, 1.807) is 0 Å². The maximum Gasteiger partial charge on any atom is 0.313 e. The van der Waals surface area contributed by atoms with Crippen molar-refractivity contribution in [1.29, 1.82) is 0 Å². The van der Waals surface area contributed by atoms with Gasteiger partial charge < -0.3 is 4.74 Å². The lowest BCUT2D eigenvalue weighted by Gasteiger charge is -2.41. The molecule has 0 radical (unpaired) electrons. The van der Waals surface area contributed by atoms with Crippen LogP contribution in [0.1, 0.15) is 39.5 Å². The molecule has 2 nitrogen and oxygen atoms in total. The molecule has 1 saturated carbocycles. The second-order valence-corrected chi connectivity index (χ2v) is 5.48. The van der Waals surface area contributed by atoms with E-state index in [9.17, 15) is 4.79 Å². The molecule has 0 aromatic rings. The van der Waals surface area contributed by atoms with Crippen molar-refractivity contribution in [2.75, 3.05) is 0 Å². The molecule has 2 heteroatoms. The van der Waals surface area contributed by atoms with Crippen LogP contribution in [-0.2, 0) is 9.53 Å². The molecule has 4 atom stereocenters. The Balaban J connectivity index is 2.08. The molecule has 0 unspecified atom stereocenters. The average Bonchev–Trinajstić information content (AvgIpc) is 2.40. The van der Waals surface area contributed by atoms with E-state index in [1.807, 2.05) is 0 Å². The smallest absolute Gasteiger partial charge is 0.313 e. The van der Waals surface area contributed by atoms with Crippen LogP contribution in [0.2, 0.25) is 0 Å². The number of rotatable bonds is 0. The zero-order valence-corrected chi connectivity index (χ0v) is 9.45. The molecule has 82 valence electrons. The zero-order valence-electron chi connectivity index (χ0n) is 9.45. The SMILES string of the molecule is C[C@@H]1[C@H]2C=C3CCCC[C@H]3[C@]1(C)C(=O)O2. The second-order valence-electron chi connectivity index (χ2n) is 5.48. The van der Waals surface area contributed by atoms with Crippen molar-refractivity contribution in [2.24, 2.45) is 17.3 Å². The molecule has 3 rings (SSSR count). The molecule has 0 aromatic carbocycles. The summed E-state index contributed by atoms with van der Waals surface area (Å²) in [5.74, 6) is 0.863.